The fraction of sp³-hybridized carbons (Fsp3) is 0.600. The molecule has 2 aromatic heterocycles. The summed E-state index contributed by atoms with van der Waals surface area (Å²) in [6, 6.07) is 3.35. The maximum absolute atomic E-state index is 12.8. The fourth-order valence-corrected chi connectivity index (χ4v) is 4.27. The molecule has 0 aliphatic carbocycles. The lowest BCUT2D eigenvalue weighted by Crippen LogP contribution is -2.40. The summed E-state index contributed by atoms with van der Waals surface area (Å²) >= 11 is 0. The van der Waals surface area contributed by atoms with Gasteiger partial charge in [0.05, 0.1) is 5.69 Å². The number of H-pyrrole nitrogens is 1. The van der Waals surface area contributed by atoms with E-state index in [0.29, 0.717) is 18.2 Å². The summed E-state index contributed by atoms with van der Waals surface area (Å²) in [6.45, 7) is 3.35. The molecule has 2 aromatic rings. The van der Waals surface area contributed by atoms with Crippen LogP contribution in [0, 0.1) is 0 Å². The van der Waals surface area contributed by atoms with E-state index in [9.17, 15) is 9.59 Å². The molecular weight excluding hydrogens is 356 g/mol. The normalized spacial score (nSPS) is 21.8. The topological polar surface area (TPSA) is 87.1 Å². The first-order chi connectivity index (χ1) is 13.5. The maximum Gasteiger partial charge on any atom is 0.274 e. The van der Waals surface area contributed by atoms with Crippen LogP contribution in [-0.4, -0.2) is 68.7 Å². The number of nitrogens with zero attached hydrogens (tertiary/aromatic N) is 5. The van der Waals surface area contributed by atoms with Crippen LogP contribution in [0.5, 0.6) is 0 Å². The summed E-state index contributed by atoms with van der Waals surface area (Å²) < 4.78 is 1.64. The minimum Gasteiger partial charge on any atom is -0.337 e. The first-order valence-electron chi connectivity index (χ1n) is 10.1. The summed E-state index contributed by atoms with van der Waals surface area (Å²) in [7, 11) is 3.93. The van der Waals surface area contributed by atoms with Crippen molar-refractivity contribution in [1.82, 2.24) is 29.5 Å². The van der Waals surface area contributed by atoms with Crippen molar-refractivity contribution in [2.75, 3.05) is 33.2 Å². The van der Waals surface area contributed by atoms with Crippen molar-refractivity contribution in [2.45, 2.75) is 37.5 Å². The van der Waals surface area contributed by atoms with E-state index in [1.165, 1.54) is 0 Å². The second-order valence-corrected chi connectivity index (χ2v) is 8.10. The van der Waals surface area contributed by atoms with Crippen molar-refractivity contribution in [3.8, 4) is 0 Å². The summed E-state index contributed by atoms with van der Waals surface area (Å²) in [5.41, 5.74) is 1.19. The highest BCUT2D eigenvalue weighted by molar-refractivity contribution is 5.92. The minimum absolute atomic E-state index is 0.0503. The van der Waals surface area contributed by atoms with E-state index in [-0.39, 0.29) is 17.4 Å². The van der Waals surface area contributed by atoms with Gasteiger partial charge in [-0.3, -0.25) is 14.3 Å². The molecule has 2 fully saturated rings. The predicted molar refractivity (Wildman–Crippen MR) is 105 cm³/mol. The van der Waals surface area contributed by atoms with E-state index in [1.54, 1.807) is 30.1 Å². The summed E-state index contributed by atoms with van der Waals surface area (Å²) in [5.74, 6) is 1.15. The van der Waals surface area contributed by atoms with Gasteiger partial charge >= 0.3 is 0 Å². The van der Waals surface area contributed by atoms with Gasteiger partial charge in [0.15, 0.2) is 0 Å². The molecule has 8 heteroatoms. The SMILES string of the molecule is CN1CCC(c2nc(C3CCCN(C(=O)c4ccn(C)n4)C3)cc(=O)[nH]2)CC1. The average Bonchev–Trinajstić information content (AvgIpc) is 3.14. The molecular formula is C20H28N6O2. The van der Waals surface area contributed by atoms with Gasteiger partial charge in [0.2, 0.25) is 0 Å². The zero-order valence-corrected chi connectivity index (χ0v) is 16.6. The monoisotopic (exact) mass is 384 g/mol. The van der Waals surface area contributed by atoms with Crippen molar-refractivity contribution in [1.29, 1.82) is 0 Å². The Morgan fingerprint density at radius 3 is 2.64 bits per heavy atom. The van der Waals surface area contributed by atoms with Crippen molar-refractivity contribution in [3.63, 3.8) is 0 Å². The summed E-state index contributed by atoms with van der Waals surface area (Å²) in [6.07, 6.45) is 5.65. The van der Waals surface area contributed by atoms with Crippen molar-refractivity contribution >= 4 is 5.91 Å². The standard InChI is InChI=1S/C20H28N6O2/c1-24-9-5-14(6-10-24)19-21-17(12-18(27)22-19)15-4-3-8-26(13-15)20(28)16-7-11-25(2)23-16/h7,11-12,14-15H,3-6,8-10,13H2,1-2H3,(H,21,22,27). The van der Waals surface area contributed by atoms with Gasteiger partial charge in [-0.1, -0.05) is 0 Å². The van der Waals surface area contributed by atoms with Crippen LogP contribution < -0.4 is 5.56 Å². The van der Waals surface area contributed by atoms with Gasteiger partial charge in [-0.2, -0.15) is 5.10 Å². The van der Waals surface area contributed by atoms with E-state index < -0.39 is 0 Å². The zero-order chi connectivity index (χ0) is 19.7. The number of aromatic amines is 1. The molecule has 0 aromatic carbocycles. The second-order valence-electron chi connectivity index (χ2n) is 8.10. The van der Waals surface area contributed by atoms with E-state index in [2.05, 4.69) is 22.0 Å². The highest BCUT2D eigenvalue weighted by Gasteiger charge is 2.29. The lowest BCUT2D eigenvalue weighted by Gasteiger charge is -2.32. The van der Waals surface area contributed by atoms with Gasteiger partial charge in [0.1, 0.15) is 11.5 Å². The van der Waals surface area contributed by atoms with Crippen LogP contribution in [0.15, 0.2) is 23.1 Å². The first-order valence-corrected chi connectivity index (χ1v) is 10.1. The highest BCUT2D eigenvalue weighted by atomic mass is 16.2. The number of piperidine rings is 2. The smallest absolute Gasteiger partial charge is 0.274 e. The Bertz CT molecular complexity index is 896. The molecule has 1 atom stereocenters. The molecule has 28 heavy (non-hydrogen) atoms. The Morgan fingerprint density at radius 2 is 1.93 bits per heavy atom. The van der Waals surface area contributed by atoms with Gasteiger partial charge in [0, 0.05) is 44.2 Å². The van der Waals surface area contributed by atoms with Gasteiger partial charge in [-0.05, 0) is 51.9 Å². The highest BCUT2D eigenvalue weighted by Crippen LogP contribution is 2.28. The van der Waals surface area contributed by atoms with E-state index >= 15 is 0 Å². The van der Waals surface area contributed by atoms with E-state index in [0.717, 1.165) is 56.8 Å². The molecule has 0 saturated carbocycles. The van der Waals surface area contributed by atoms with Crippen LogP contribution in [0.25, 0.3) is 0 Å². The minimum atomic E-state index is -0.0906. The molecule has 1 amide bonds. The lowest BCUT2D eigenvalue weighted by molar-refractivity contribution is 0.0699. The molecule has 2 aliphatic rings. The van der Waals surface area contributed by atoms with Crippen molar-refractivity contribution < 1.29 is 4.79 Å². The van der Waals surface area contributed by atoms with E-state index in [1.807, 2.05) is 4.90 Å². The van der Waals surface area contributed by atoms with Gasteiger partial charge in [-0.25, -0.2) is 4.98 Å². The Hall–Kier alpha value is -2.48. The quantitative estimate of drug-likeness (QED) is 0.863. The number of rotatable bonds is 3. The molecule has 2 saturated heterocycles. The average molecular weight is 384 g/mol. The van der Waals surface area contributed by atoms with Crippen LogP contribution >= 0.6 is 0 Å². The molecule has 1 N–H and O–H groups in total. The van der Waals surface area contributed by atoms with Crippen LogP contribution in [0.2, 0.25) is 0 Å². The second kappa shape index (κ2) is 7.87. The number of aryl methyl sites for hydroxylation is 1. The third-order valence-electron chi connectivity index (χ3n) is 5.94. The Labute approximate surface area is 164 Å². The summed E-state index contributed by atoms with van der Waals surface area (Å²) in [5, 5.41) is 4.23. The lowest BCUT2D eigenvalue weighted by atomic mass is 9.93. The number of aromatic nitrogens is 4. The molecule has 4 rings (SSSR count). The number of amides is 1. The van der Waals surface area contributed by atoms with Crippen molar-refractivity contribution in [3.05, 3.63) is 45.9 Å². The fourth-order valence-electron chi connectivity index (χ4n) is 4.27. The number of carbonyl (C=O) groups excluding carboxylic acids is 1. The summed E-state index contributed by atoms with van der Waals surface area (Å²) in [4.78, 5) is 37.0. The molecule has 0 spiro atoms. The third-order valence-corrected chi connectivity index (χ3v) is 5.94. The number of carbonyl (C=O) groups is 1. The van der Waals surface area contributed by atoms with E-state index in [4.69, 9.17) is 4.98 Å². The number of likely N-dealkylation sites (tertiary alicyclic amines) is 2. The first kappa shape index (κ1) is 18.9. The molecule has 1 unspecified atom stereocenters. The number of hydrogen-bond acceptors (Lipinski definition) is 5. The zero-order valence-electron chi connectivity index (χ0n) is 16.6. The van der Waals surface area contributed by atoms with Crippen LogP contribution in [0.3, 0.4) is 0 Å². The molecule has 150 valence electrons. The predicted octanol–water partition coefficient (Wildman–Crippen LogP) is 1.33. The molecule has 0 bridgehead atoms. The van der Waals surface area contributed by atoms with Crippen LogP contribution in [-0.2, 0) is 7.05 Å². The maximum atomic E-state index is 12.8. The molecule has 4 heterocycles. The van der Waals surface area contributed by atoms with Crippen LogP contribution in [0.1, 0.15) is 59.5 Å². The third kappa shape index (κ3) is 4.01. The molecule has 0 radical (unpaired) electrons. The molecule has 8 nitrogen and oxygen atoms in total. The number of nitrogens with one attached hydrogen (secondary N) is 1. The molecule has 2 aliphatic heterocycles. The van der Waals surface area contributed by atoms with Gasteiger partial charge in [-0.15, -0.1) is 0 Å². The van der Waals surface area contributed by atoms with Crippen LogP contribution in [0.4, 0.5) is 0 Å². The van der Waals surface area contributed by atoms with Gasteiger partial charge < -0.3 is 14.8 Å². The Morgan fingerprint density at radius 1 is 1.14 bits per heavy atom. The number of hydrogen-bond donors (Lipinski definition) is 1. The van der Waals surface area contributed by atoms with Gasteiger partial charge in [0.25, 0.3) is 11.5 Å². The Balaban J connectivity index is 1.52. The largest absolute Gasteiger partial charge is 0.337 e. The van der Waals surface area contributed by atoms with Crippen molar-refractivity contribution in [2.24, 2.45) is 7.05 Å². The Kier molecular flexibility index (Phi) is 5.30.